The van der Waals surface area contributed by atoms with E-state index in [2.05, 4.69) is 4.74 Å². The van der Waals surface area contributed by atoms with Crippen LogP contribution in [0.1, 0.15) is 12.5 Å². The molecule has 0 aliphatic rings. The van der Waals surface area contributed by atoms with Gasteiger partial charge in [0.05, 0.1) is 6.61 Å². The molecule has 1 aromatic rings. The van der Waals surface area contributed by atoms with Crippen molar-refractivity contribution in [3.05, 3.63) is 35.9 Å². The number of anilines is 1. The molecule has 1 rings (SSSR count). The molecule has 0 saturated carbocycles. The Balaban J connectivity index is 2.93. The van der Waals surface area contributed by atoms with E-state index in [0.717, 1.165) is 11.8 Å². The molecule has 5 heteroatoms. The first-order valence-corrected chi connectivity index (χ1v) is 5.85. The highest BCUT2D eigenvalue weighted by Gasteiger charge is 2.13. The van der Waals surface area contributed by atoms with Crippen LogP contribution in [-0.4, -0.2) is 37.6 Å². The summed E-state index contributed by atoms with van der Waals surface area (Å²) >= 11 is 0. The summed E-state index contributed by atoms with van der Waals surface area (Å²) in [4.78, 5) is 24.4. The predicted octanol–water partition coefficient (Wildman–Crippen LogP) is 1.78. The molecule has 0 atom stereocenters. The summed E-state index contributed by atoms with van der Waals surface area (Å²) in [6.45, 7) is 1.73. The highest BCUT2D eigenvalue weighted by atomic mass is 16.5. The fourth-order valence-corrected chi connectivity index (χ4v) is 1.41. The molecule has 5 nitrogen and oxygen atoms in total. The van der Waals surface area contributed by atoms with Crippen molar-refractivity contribution in [2.75, 3.05) is 25.6 Å². The van der Waals surface area contributed by atoms with Gasteiger partial charge in [-0.2, -0.15) is 0 Å². The summed E-state index contributed by atoms with van der Waals surface area (Å²) < 4.78 is 4.55. The molecule has 0 unspecified atom stereocenters. The van der Waals surface area contributed by atoms with Gasteiger partial charge < -0.3 is 14.7 Å². The van der Waals surface area contributed by atoms with Gasteiger partial charge in [-0.3, -0.25) is 4.79 Å². The van der Waals surface area contributed by atoms with Crippen molar-refractivity contribution < 1.29 is 19.4 Å². The lowest BCUT2D eigenvalue weighted by Crippen LogP contribution is -2.15. The van der Waals surface area contributed by atoms with Gasteiger partial charge in [0.1, 0.15) is 5.76 Å². The van der Waals surface area contributed by atoms with Crippen molar-refractivity contribution in [1.29, 1.82) is 0 Å². The second-order valence-corrected chi connectivity index (χ2v) is 4.06. The van der Waals surface area contributed by atoms with E-state index in [9.17, 15) is 14.7 Å². The van der Waals surface area contributed by atoms with E-state index in [0.29, 0.717) is 5.56 Å². The number of ether oxygens (including phenoxy) is 1. The summed E-state index contributed by atoms with van der Waals surface area (Å²) in [5, 5.41) is 9.83. The molecule has 102 valence electrons. The zero-order valence-corrected chi connectivity index (χ0v) is 11.2. The fourth-order valence-electron chi connectivity index (χ4n) is 1.41. The van der Waals surface area contributed by atoms with Crippen LogP contribution in [0.25, 0.3) is 5.76 Å². The number of carbonyl (C=O) groups is 2. The summed E-state index contributed by atoms with van der Waals surface area (Å²) in [7, 11) is 3.73. The van der Waals surface area contributed by atoms with E-state index in [1.54, 1.807) is 25.1 Å². The molecular weight excluding hydrogens is 246 g/mol. The molecule has 1 aromatic carbocycles. The number of hydrogen-bond acceptors (Lipinski definition) is 5. The average Bonchev–Trinajstić information content (AvgIpc) is 2.39. The Morgan fingerprint density at radius 3 is 2.63 bits per heavy atom. The maximum absolute atomic E-state index is 11.4. The Morgan fingerprint density at radius 1 is 1.37 bits per heavy atom. The lowest BCUT2D eigenvalue weighted by Gasteiger charge is -2.13. The molecule has 0 heterocycles. The molecule has 0 radical (unpaired) electrons. The highest BCUT2D eigenvalue weighted by Crippen LogP contribution is 2.18. The molecule has 0 aromatic heterocycles. The van der Waals surface area contributed by atoms with Gasteiger partial charge in [0.25, 0.3) is 5.78 Å². The lowest BCUT2D eigenvalue weighted by atomic mass is 10.1. The van der Waals surface area contributed by atoms with Gasteiger partial charge in [-0.15, -0.1) is 0 Å². The average molecular weight is 263 g/mol. The zero-order valence-electron chi connectivity index (χ0n) is 11.2. The third-order valence-electron chi connectivity index (χ3n) is 2.40. The molecule has 0 fully saturated rings. The highest BCUT2D eigenvalue weighted by molar-refractivity contribution is 6.39. The monoisotopic (exact) mass is 263 g/mol. The number of nitrogens with zero attached hydrogens (tertiary/aromatic N) is 1. The third kappa shape index (κ3) is 4.13. The standard InChI is InChI=1S/C14H17NO4/c1-4-19-14(18)13(17)9-12(16)10-6-5-7-11(8-10)15(2)3/h5-9,16H,4H2,1-3H3. The summed E-state index contributed by atoms with van der Waals surface area (Å²) in [6.07, 6.45) is 0.868. The number of rotatable bonds is 5. The number of esters is 1. The predicted molar refractivity (Wildman–Crippen MR) is 73.0 cm³/mol. The number of aliphatic hydroxyl groups is 1. The van der Waals surface area contributed by atoms with Crippen LogP contribution in [0.4, 0.5) is 5.69 Å². The first-order valence-electron chi connectivity index (χ1n) is 5.85. The molecule has 0 spiro atoms. The molecule has 0 saturated heterocycles. The van der Waals surface area contributed by atoms with Crippen LogP contribution in [-0.2, 0) is 14.3 Å². The molecule has 19 heavy (non-hydrogen) atoms. The summed E-state index contributed by atoms with van der Waals surface area (Å²) in [5.41, 5.74) is 1.34. The molecular formula is C14H17NO4. The van der Waals surface area contributed by atoms with E-state index < -0.39 is 11.8 Å². The van der Waals surface area contributed by atoms with Crippen LogP contribution in [0.3, 0.4) is 0 Å². The Hall–Kier alpha value is -2.30. The van der Waals surface area contributed by atoms with Crippen molar-refractivity contribution in [3.8, 4) is 0 Å². The van der Waals surface area contributed by atoms with Gasteiger partial charge in [0, 0.05) is 31.4 Å². The lowest BCUT2D eigenvalue weighted by molar-refractivity contribution is -0.151. The van der Waals surface area contributed by atoms with Crippen LogP contribution in [0.15, 0.2) is 30.3 Å². The topological polar surface area (TPSA) is 66.8 Å². The molecule has 1 N–H and O–H groups in total. The van der Waals surface area contributed by atoms with Gasteiger partial charge in [-0.05, 0) is 19.1 Å². The second kappa shape index (κ2) is 6.58. The maximum Gasteiger partial charge on any atom is 0.379 e. The van der Waals surface area contributed by atoms with Gasteiger partial charge in [-0.1, -0.05) is 12.1 Å². The van der Waals surface area contributed by atoms with E-state index in [-0.39, 0.29) is 12.4 Å². The van der Waals surface area contributed by atoms with Crippen LogP contribution in [0.2, 0.25) is 0 Å². The van der Waals surface area contributed by atoms with Crippen molar-refractivity contribution in [2.24, 2.45) is 0 Å². The molecule has 0 bridgehead atoms. The Kier molecular flexibility index (Phi) is 5.11. The number of ketones is 1. The largest absolute Gasteiger partial charge is 0.507 e. The summed E-state index contributed by atoms with van der Waals surface area (Å²) in [5.74, 6) is -2.12. The number of aliphatic hydroxyl groups excluding tert-OH is 1. The van der Waals surface area contributed by atoms with E-state index >= 15 is 0 Å². The van der Waals surface area contributed by atoms with Crippen molar-refractivity contribution in [1.82, 2.24) is 0 Å². The van der Waals surface area contributed by atoms with Gasteiger partial charge in [0.2, 0.25) is 0 Å². The van der Waals surface area contributed by atoms with Crippen LogP contribution in [0, 0.1) is 0 Å². The maximum atomic E-state index is 11.4. The van der Waals surface area contributed by atoms with Gasteiger partial charge >= 0.3 is 5.97 Å². The van der Waals surface area contributed by atoms with E-state index in [1.165, 1.54) is 0 Å². The van der Waals surface area contributed by atoms with Crippen molar-refractivity contribution in [3.63, 3.8) is 0 Å². The van der Waals surface area contributed by atoms with Gasteiger partial charge in [0.15, 0.2) is 0 Å². The van der Waals surface area contributed by atoms with Crippen molar-refractivity contribution in [2.45, 2.75) is 6.92 Å². The second-order valence-electron chi connectivity index (χ2n) is 4.06. The molecule has 0 amide bonds. The Labute approximate surface area is 112 Å². The Bertz CT molecular complexity index is 506. The minimum Gasteiger partial charge on any atom is -0.507 e. The minimum atomic E-state index is -0.974. The van der Waals surface area contributed by atoms with Crippen LogP contribution < -0.4 is 4.90 Å². The molecule has 0 aliphatic carbocycles. The normalized spacial score (nSPS) is 11.0. The smallest absolute Gasteiger partial charge is 0.379 e. The quantitative estimate of drug-likeness (QED) is 0.379. The van der Waals surface area contributed by atoms with Crippen LogP contribution in [0.5, 0.6) is 0 Å². The molecule has 0 aliphatic heterocycles. The van der Waals surface area contributed by atoms with Crippen LogP contribution >= 0.6 is 0 Å². The zero-order chi connectivity index (χ0) is 14.4. The SMILES string of the molecule is CCOC(=O)C(=O)C=C(O)c1cccc(N(C)C)c1. The summed E-state index contributed by atoms with van der Waals surface area (Å²) in [6, 6.07) is 6.98. The minimum absolute atomic E-state index is 0.120. The number of hydrogen-bond donors (Lipinski definition) is 1. The van der Waals surface area contributed by atoms with E-state index in [4.69, 9.17) is 0 Å². The number of carbonyl (C=O) groups excluding carboxylic acids is 2. The first kappa shape index (κ1) is 14.8. The Morgan fingerprint density at radius 2 is 2.05 bits per heavy atom. The fraction of sp³-hybridized carbons (Fsp3) is 0.286. The third-order valence-corrected chi connectivity index (χ3v) is 2.40. The first-order chi connectivity index (χ1) is 8.95. The van der Waals surface area contributed by atoms with Crippen molar-refractivity contribution >= 4 is 23.2 Å². The number of benzene rings is 1. The van der Waals surface area contributed by atoms with E-state index in [1.807, 2.05) is 25.1 Å². The van der Waals surface area contributed by atoms with Gasteiger partial charge in [-0.25, -0.2) is 4.79 Å².